The second-order valence-electron chi connectivity index (χ2n) is 0.224. The van der Waals surface area contributed by atoms with E-state index in [0.717, 1.165) is 0 Å². The first-order chi connectivity index (χ1) is 1.73. The summed E-state index contributed by atoms with van der Waals surface area (Å²) >= 11 is 0. The summed E-state index contributed by atoms with van der Waals surface area (Å²) in [6.07, 6.45) is 0. The Morgan fingerprint density at radius 3 is 1.33 bits per heavy atom. The van der Waals surface area contributed by atoms with E-state index in [1.54, 1.807) is 0 Å². The molecule has 0 aliphatic heterocycles. The van der Waals surface area contributed by atoms with E-state index >= 15 is 0 Å². The van der Waals surface area contributed by atoms with E-state index in [0.29, 0.717) is 0 Å². The van der Waals surface area contributed by atoms with E-state index in [1.807, 2.05) is 0 Å². The van der Waals surface area contributed by atoms with Gasteiger partial charge in [-0.25, -0.2) is 0 Å². The number of hydrogen-bond acceptors (Lipinski definition) is 3. The Labute approximate surface area is 55.6 Å². The molecule has 0 bridgehead atoms. The zero-order valence-electron chi connectivity index (χ0n) is 2.35. The molecular formula is AgClNO3-. The molecule has 0 fully saturated rings. The number of rotatable bonds is 0. The molecule has 0 N–H and O–H groups in total. The van der Waals surface area contributed by atoms with E-state index in [4.69, 9.17) is 15.3 Å². The molecule has 0 unspecified atom stereocenters. The van der Waals surface area contributed by atoms with E-state index in [-0.39, 0.29) is 34.8 Å². The molecule has 0 saturated carbocycles. The van der Waals surface area contributed by atoms with E-state index in [9.17, 15) is 0 Å². The quantitative estimate of drug-likeness (QED) is 0.237. The minimum atomic E-state index is -1.75. The first kappa shape index (κ1) is 16.3. The first-order valence-corrected chi connectivity index (χ1v) is 0.548. The van der Waals surface area contributed by atoms with Gasteiger partial charge in [0.05, 0.1) is 5.09 Å². The molecular weight excluding hydrogens is 205 g/mol. The van der Waals surface area contributed by atoms with Crippen LogP contribution < -0.4 is 12.4 Å². The Bertz CT molecular complexity index is 33.8. The van der Waals surface area contributed by atoms with Crippen molar-refractivity contribution in [2.45, 2.75) is 0 Å². The second kappa shape index (κ2) is 8.97. The van der Waals surface area contributed by atoms with Crippen molar-refractivity contribution in [2.24, 2.45) is 0 Å². The van der Waals surface area contributed by atoms with Crippen LogP contribution in [0, 0.1) is 15.3 Å². The Hall–Kier alpha value is 0.230. The minimum absolute atomic E-state index is 0. The molecule has 0 aromatic heterocycles. The maximum absolute atomic E-state index is 8.25. The number of halogens is 1. The van der Waals surface area contributed by atoms with Crippen LogP contribution in [0.2, 0.25) is 0 Å². The van der Waals surface area contributed by atoms with Crippen LogP contribution in [0.4, 0.5) is 0 Å². The standard InChI is InChI=1S/Ag.ClH.NO3/c;;2-1(3)4/h;1H;/q+1;;-1/p-1. The Morgan fingerprint density at radius 1 is 1.33 bits per heavy atom. The predicted octanol–water partition coefficient (Wildman–Crippen LogP) is -3.24. The van der Waals surface area contributed by atoms with Gasteiger partial charge in [-0.05, 0) is 0 Å². The molecule has 0 spiro atoms. The third-order valence-electron chi connectivity index (χ3n) is 0. The summed E-state index contributed by atoms with van der Waals surface area (Å²) in [4.78, 5) is 8.25. The van der Waals surface area contributed by atoms with Crippen molar-refractivity contribution >= 4 is 0 Å². The Balaban J connectivity index is -0.0000000450. The molecule has 0 aliphatic rings. The largest absolute Gasteiger partial charge is 1.00 e. The molecule has 6 heteroatoms. The topological polar surface area (TPSA) is 66.2 Å². The van der Waals surface area contributed by atoms with Gasteiger partial charge in [0, 0.05) is 0 Å². The molecule has 42 valence electrons. The van der Waals surface area contributed by atoms with Gasteiger partial charge in [0.25, 0.3) is 0 Å². The van der Waals surface area contributed by atoms with Crippen LogP contribution >= 0.6 is 0 Å². The summed E-state index contributed by atoms with van der Waals surface area (Å²) in [7, 11) is 0. The van der Waals surface area contributed by atoms with Gasteiger partial charge in [0.1, 0.15) is 0 Å². The molecule has 0 aromatic carbocycles. The molecule has 0 amide bonds. The second-order valence-corrected chi connectivity index (χ2v) is 0.224. The zero-order chi connectivity index (χ0) is 3.58. The molecule has 0 aliphatic carbocycles. The molecule has 6 heavy (non-hydrogen) atoms. The van der Waals surface area contributed by atoms with Crippen molar-refractivity contribution in [1.29, 1.82) is 0 Å². The van der Waals surface area contributed by atoms with Crippen molar-refractivity contribution in [2.75, 3.05) is 0 Å². The third-order valence-corrected chi connectivity index (χ3v) is 0. The van der Waals surface area contributed by atoms with Gasteiger partial charge in [-0.15, -0.1) is 0 Å². The van der Waals surface area contributed by atoms with Gasteiger partial charge in [-0.3, -0.25) is 0 Å². The fraction of sp³-hybridized carbons (Fsp3) is 0. The number of nitrogens with zero attached hydrogens (tertiary/aromatic N) is 1. The van der Waals surface area contributed by atoms with Crippen LogP contribution in [0.5, 0.6) is 0 Å². The average Bonchev–Trinajstić information content (AvgIpc) is 0.811. The van der Waals surface area contributed by atoms with Gasteiger partial charge in [0.15, 0.2) is 0 Å². The van der Waals surface area contributed by atoms with E-state index in [1.165, 1.54) is 0 Å². The van der Waals surface area contributed by atoms with Gasteiger partial charge >= 0.3 is 22.4 Å². The summed E-state index contributed by atoms with van der Waals surface area (Å²) in [6, 6.07) is 0. The molecule has 4 nitrogen and oxygen atoms in total. The summed E-state index contributed by atoms with van der Waals surface area (Å²) in [5.41, 5.74) is 0. The molecule has 0 aromatic rings. The van der Waals surface area contributed by atoms with Crippen molar-refractivity contribution in [3.8, 4) is 0 Å². The van der Waals surface area contributed by atoms with Crippen LogP contribution in [0.3, 0.4) is 0 Å². The van der Waals surface area contributed by atoms with Crippen LogP contribution in [-0.2, 0) is 22.4 Å². The van der Waals surface area contributed by atoms with Crippen LogP contribution in [0.25, 0.3) is 0 Å². The van der Waals surface area contributed by atoms with Gasteiger partial charge in [0.2, 0.25) is 0 Å². The van der Waals surface area contributed by atoms with Crippen molar-refractivity contribution < 1.29 is 39.9 Å². The summed E-state index contributed by atoms with van der Waals surface area (Å²) in [6.45, 7) is 0. The maximum atomic E-state index is 8.25. The van der Waals surface area contributed by atoms with E-state index in [2.05, 4.69) is 0 Å². The predicted molar refractivity (Wildman–Crippen MR) is 10.4 cm³/mol. The smallest absolute Gasteiger partial charge is 1.00 e. The third kappa shape index (κ3) is 833. The van der Waals surface area contributed by atoms with Crippen LogP contribution in [-0.4, -0.2) is 5.09 Å². The fourth-order valence-corrected chi connectivity index (χ4v) is 0. The maximum Gasteiger partial charge on any atom is 1.00 e. The van der Waals surface area contributed by atoms with Crippen molar-refractivity contribution in [1.82, 2.24) is 0 Å². The normalized spacial score (nSPS) is 4.00. The Kier molecular flexibility index (Phi) is 24.4. The van der Waals surface area contributed by atoms with Crippen LogP contribution in [0.1, 0.15) is 0 Å². The zero-order valence-corrected chi connectivity index (χ0v) is 4.59. The summed E-state index contributed by atoms with van der Waals surface area (Å²) in [5.74, 6) is 0. The fourth-order valence-electron chi connectivity index (χ4n) is 0. The van der Waals surface area contributed by atoms with Gasteiger partial charge in [-0.2, -0.15) is 0 Å². The Morgan fingerprint density at radius 2 is 1.33 bits per heavy atom. The molecule has 0 saturated heterocycles. The van der Waals surface area contributed by atoms with Gasteiger partial charge < -0.3 is 27.7 Å². The van der Waals surface area contributed by atoms with Crippen molar-refractivity contribution in [3.05, 3.63) is 15.3 Å². The summed E-state index contributed by atoms with van der Waals surface area (Å²) in [5, 5.41) is 14.8. The minimum Gasteiger partial charge on any atom is -1.00 e. The number of hydrogen-bond donors (Lipinski definition) is 0. The first-order valence-electron chi connectivity index (χ1n) is 0.548. The molecule has 0 heterocycles. The van der Waals surface area contributed by atoms with Gasteiger partial charge in [-0.1, -0.05) is 0 Å². The van der Waals surface area contributed by atoms with Crippen LogP contribution in [0.15, 0.2) is 0 Å². The van der Waals surface area contributed by atoms with E-state index < -0.39 is 5.09 Å². The SMILES string of the molecule is O=[N+]([O-])[O-].[Ag+].[Cl-]. The molecule has 0 radical (unpaired) electrons. The van der Waals surface area contributed by atoms with Crippen molar-refractivity contribution in [3.63, 3.8) is 0 Å². The average molecular weight is 205 g/mol. The molecule has 0 rings (SSSR count). The molecule has 0 atom stereocenters. The summed E-state index contributed by atoms with van der Waals surface area (Å²) < 4.78 is 0. The monoisotopic (exact) mass is 204 g/mol.